The highest BCUT2D eigenvalue weighted by molar-refractivity contribution is 6.08. The second-order valence-electron chi connectivity index (χ2n) is 10.7. The van der Waals surface area contributed by atoms with Crippen molar-refractivity contribution in [3.8, 4) is 0 Å². The topological polar surface area (TPSA) is 89.6 Å². The Bertz CT molecular complexity index is 1250. The lowest BCUT2D eigenvalue weighted by molar-refractivity contribution is -0.00545. The molecule has 202 valence electrons. The molecule has 1 aliphatic carbocycles. The molecule has 2 aliphatic rings. The van der Waals surface area contributed by atoms with Gasteiger partial charge in [-0.1, -0.05) is 13.8 Å². The molecule has 0 radical (unpaired) electrons. The molecule has 3 aromatic heterocycles. The molecule has 2 fully saturated rings. The second kappa shape index (κ2) is 10.4. The summed E-state index contributed by atoms with van der Waals surface area (Å²) in [6, 6.07) is 1.90. The van der Waals surface area contributed by atoms with Crippen LogP contribution >= 0.6 is 0 Å². The smallest absolute Gasteiger partial charge is 0.284 e. The first-order valence-electron chi connectivity index (χ1n) is 13.1. The fourth-order valence-corrected chi connectivity index (χ4v) is 5.63. The Balaban J connectivity index is 0.00000336. The average Bonchev–Trinajstić information content (AvgIpc) is 3.47. The van der Waals surface area contributed by atoms with Gasteiger partial charge in [-0.25, -0.2) is 18.3 Å². The summed E-state index contributed by atoms with van der Waals surface area (Å²) in [5.41, 5.74) is 0.180. The van der Waals surface area contributed by atoms with Gasteiger partial charge in [0.05, 0.1) is 30.1 Å². The highest BCUT2D eigenvalue weighted by atomic mass is 19.3. The number of fused-ring (bicyclic) bond motifs is 1. The normalized spacial score (nSPS) is 24.8. The molecule has 1 saturated carbocycles. The van der Waals surface area contributed by atoms with Crippen LogP contribution in [0.4, 0.5) is 20.3 Å². The highest BCUT2D eigenvalue weighted by Crippen LogP contribution is 2.37. The van der Waals surface area contributed by atoms with Crippen molar-refractivity contribution in [2.45, 2.75) is 78.1 Å². The standard InChI is InChI=1S/C26H35F2N7O2.H2/c1-15(2)18-5-7-19(8-6-18)35-14-21(23(32-35)24(27)28)30-26(36)20-11-29-34-10-9-22(31-25(20)34)33-12-16(3)37-17(4)13-33;/h9-11,14-19,24H,5-8,12-13H2,1-4H3,(H,30,36);1H/t16-,17-,18?,19?;/m1./s1. The summed E-state index contributed by atoms with van der Waals surface area (Å²) in [7, 11) is 0. The molecule has 3 aromatic rings. The lowest BCUT2D eigenvalue weighted by Crippen LogP contribution is -2.45. The van der Waals surface area contributed by atoms with Gasteiger partial charge in [-0.2, -0.15) is 10.2 Å². The first kappa shape index (κ1) is 25.6. The van der Waals surface area contributed by atoms with E-state index in [2.05, 4.69) is 39.2 Å². The monoisotopic (exact) mass is 517 g/mol. The van der Waals surface area contributed by atoms with E-state index in [4.69, 9.17) is 4.74 Å². The van der Waals surface area contributed by atoms with E-state index in [-0.39, 0.29) is 30.9 Å². The van der Waals surface area contributed by atoms with Crippen LogP contribution in [0.5, 0.6) is 0 Å². The van der Waals surface area contributed by atoms with Gasteiger partial charge in [-0.05, 0) is 57.4 Å². The number of alkyl halides is 2. The summed E-state index contributed by atoms with van der Waals surface area (Å²) in [6.07, 6.45) is 5.87. The highest BCUT2D eigenvalue weighted by Gasteiger charge is 2.29. The van der Waals surface area contributed by atoms with Crippen LogP contribution in [0.15, 0.2) is 24.7 Å². The summed E-state index contributed by atoms with van der Waals surface area (Å²) < 4.78 is 36.7. The Morgan fingerprint density at radius 2 is 1.86 bits per heavy atom. The van der Waals surface area contributed by atoms with Gasteiger partial charge in [0.25, 0.3) is 12.3 Å². The van der Waals surface area contributed by atoms with E-state index in [0.29, 0.717) is 36.4 Å². The van der Waals surface area contributed by atoms with Crippen molar-refractivity contribution in [2.75, 3.05) is 23.3 Å². The average molecular weight is 518 g/mol. The van der Waals surface area contributed by atoms with E-state index in [1.54, 1.807) is 17.1 Å². The van der Waals surface area contributed by atoms with Gasteiger partial charge in [0.2, 0.25) is 0 Å². The third-order valence-electron chi connectivity index (χ3n) is 7.62. The zero-order valence-electron chi connectivity index (χ0n) is 21.8. The molecule has 4 heterocycles. The minimum absolute atomic E-state index is 0. The Hall–Kier alpha value is -3.08. The molecule has 5 rings (SSSR count). The summed E-state index contributed by atoms with van der Waals surface area (Å²) in [5.74, 6) is 1.42. The zero-order valence-corrected chi connectivity index (χ0v) is 21.8. The fourth-order valence-electron chi connectivity index (χ4n) is 5.63. The van der Waals surface area contributed by atoms with Crippen molar-refractivity contribution in [3.63, 3.8) is 0 Å². The maximum absolute atomic E-state index is 13.9. The van der Waals surface area contributed by atoms with Crippen LogP contribution in [0.25, 0.3) is 5.65 Å². The molecule has 1 aliphatic heterocycles. The molecule has 37 heavy (non-hydrogen) atoms. The number of morpholine rings is 1. The summed E-state index contributed by atoms with van der Waals surface area (Å²) in [4.78, 5) is 20.0. The molecular weight excluding hydrogens is 480 g/mol. The zero-order chi connectivity index (χ0) is 26.3. The number of nitrogens with one attached hydrogen (secondary N) is 1. The molecule has 11 heteroatoms. The number of hydrogen-bond acceptors (Lipinski definition) is 6. The Morgan fingerprint density at radius 1 is 1.16 bits per heavy atom. The summed E-state index contributed by atoms with van der Waals surface area (Å²) in [6.45, 7) is 9.83. The first-order chi connectivity index (χ1) is 17.7. The van der Waals surface area contributed by atoms with Crippen LogP contribution in [0, 0.1) is 11.8 Å². The molecule has 0 unspecified atom stereocenters. The van der Waals surface area contributed by atoms with Gasteiger partial charge >= 0.3 is 0 Å². The van der Waals surface area contributed by atoms with E-state index in [9.17, 15) is 13.6 Å². The summed E-state index contributed by atoms with van der Waals surface area (Å²) in [5, 5.41) is 11.1. The summed E-state index contributed by atoms with van der Waals surface area (Å²) >= 11 is 0. The SMILES string of the molecule is CC(C)C1CCC(n2cc(NC(=O)c3cnn4ccc(N5C[C@@H](C)O[C@H](C)C5)nc34)c(C(F)F)n2)CC1.[HH]. The van der Waals surface area contributed by atoms with Crippen molar-refractivity contribution < 1.29 is 19.7 Å². The van der Waals surface area contributed by atoms with Gasteiger partial charge in [0, 0.05) is 26.9 Å². The van der Waals surface area contributed by atoms with Gasteiger partial charge in [0.15, 0.2) is 11.3 Å². The first-order valence-corrected chi connectivity index (χ1v) is 13.1. The Morgan fingerprint density at radius 3 is 2.51 bits per heavy atom. The number of rotatable bonds is 6. The van der Waals surface area contributed by atoms with Crippen LogP contribution in [0.1, 0.15) is 83.3 Å². The molecule has 1 amide bonds. The third kappa shape index (κ3) is 5.32. The molecule has 1 saturated heterocycles. The minimum Gasteiger partial charge on any atom is -0.372 e. The van der Waals surface area contributed by atoms with Crippen LogP contribution in [-0.2, 0) is 4.74 Å². The quantitative estimate of drug-likeness (QED) is 0.473. The maximum atomic E-state index is 13.9. The third-order valence-corrected chi connectivity index (χ3v) is 7.62. The second-order valence-corrected chi connectivity index (χ2v) is 10.7. The van der Waals surface area contributed by atoms with Crippen LogP contribution in [0.2, 0.25) is 0 Å². The predicted octanol–water partition coefficient (Wildman–Crippen LogP) is 5.36. The predicted molar refractivity (Wildman–Crippen MR) is 138 cm³/mol. The van der Waals surface area contributed by atoms with Crippen LogP contribution in [-0.4, -0.2) is 55.6 Å². The molecule has 9 nitrogen and oxygen atoms in total. The molecule has 0 spiro atoms. The van der Waals surface area contributed by atoms with Crippen molar-refractivity contribution in [1.29, 1.82) is 0 Å². The van der Waals surface area contributed by atoms with Crippen molar-refractivity contribution >= 4 is 23.1 Å². The van der Waals surface area contributed by atoms with E-state index < -0.39 is 18.0 Å². The fraction of sp³-hybridized carbons (Fsp3) is 0.615. The van der Waals surface area contributed by atoms with Crippen LogP contribution in [0.3, 0.4) is 0 Å². The number of anilines is 2. The number of amides is 1. The lowest BCUT2D eigenvalue weighted by atomic mass is 9.80. The van der Waals surface area contributed by atoms with E-state index in [0.717, 1.165) is 25.7 Å². The maximum Gasteiger partial charge on any atom is 0.284 e. The van der Waals surface area contributed by atoms with Crippen molar-refractivity contribution in [2.24, 2.45) is 11.8 Å². The largest absolute Gasteiger partial charge is 0.372 e. The number of halogens is 2. The van der Waals surface area contributed by atoms with Crippen molar-refractivity contribution in [1.82, 2.24) is 24.4 Å². The minimum atomic E-state index is -2.80. The number of aromatic nitrogens is 5. The number of carbonyl (C=O) groups is 1. The number of carbonyl (C=O) groups excluding carboxylic acids is 1. The Labute approximate surface area is 216 Å². The molecule has 2 atom stereocenters. The van der Waals surface area contributed by atoms with Gasteiger partial charge in [0.1, 0.15) is 11.4 Å². The van der Waals surface area contributed by atoms with E-state index in [1.807, 2.05) is 19.9 Å². The number of ether oxygens (including phenoxy) is 1. The van der Waals surface area contributed by atoms with Crippen molar-refractivity contribution in [3.05, 3.63) is 35.9 Å². The number of hydrogen-bond donors (Lipinski definition) is 1. The molecular formula is C26H37F2N7O2. The molecule has 1 N–H and O–H groups in total. The Kier molecular flexibility index (Phi) is 7.15. The van der Waals surface area contributed by atoms with Gasteiger partial charge in [-0.3, -0.25) is 9.48 Å². The van der Waals surface area contributed by atoms with E-state index >= 15 is 0 Å². The molecule has 0 bridgehead atoms. The number of nitrogens with zero attached hydrogens (tertiary/aromatic N) is 6. The van der Waals surface area contributed by atoms with Gasteiger partial charge in [-0.15, -0.1) is 0 Å². The van der Waals surface area contributed by atoms with Gasteiger partial charge < -0.3 is 15.0 Å². The lowest BCUT2D eigenvalue weighted by Gasteiger charge is -2.36. The van der Waals surface area contributed by atoms with E-state index in [1.165, 1.54) is 10.7 Å². The van der Waals surface area contributed by atoms with Crippen LogP contribution < -0.4 is 10.2 Å². The molecule has 0 aromatic carbocycles.